The number of aliphatic imine (C=N–C) groups is 1. The molecular weight excluding hydrogens is 263 g/mol. The van der Waals surface area contributed by atoms with Gasteiger partial charge in [0.15, 0.2) is 0 Å². The lowest BCUT2D eigenvalue weighted by atomic mass is 10.1. The first-order chi connectivity index (χ1) is 10.2. The SMILES string of the molecule is C=C1c2cc(F)ccc2N=C(C)N1c1ccccc1.CC. The first kappa shape index (κ1) is 15.0. The van der Waals surface area contributed by atoms with E-state index >= 15 is 0 Å². The minimum atomic E-state index is -0.275. The quantitative estimate of drug-likeness (QED) is 0.684. The minimum Gasteiger partial charge on any atom is -0.299 e. The average Bonchev–Trinajstić information content (AvgIpc) is 2.51. The van der Waals surface area contributed by atoms with Crippen LogP contribution in [0.2, 0.25) is 0 Å². The Hall–Kier alpha value is -2.42. The van der Waals surface area contributed by atoms with Crippen LogP contribution in [0.1, 0.15) is 26.3 Å². The topological polar surface area (TPSA) is 15.6 Å². The summed E-state index contributed by atoms with van der Waals surface area (Å²) in [6.07, 6.45) is 0. The van der Waals surface area contributed by atoms with Crippen LogP contribution < -0.4 is 4.90 Å². The van der Waals surface area contributed by atoms with Gasteiger partial charge in [-0.15, -0.1) is 0 Å². The van der Waals surface area contributed by atoms with Crippen molar-refractivity contribution in [1.29, 1.82) is 0 Å². The molecule has 0 fully saturated rings. The molecule has 3 rings (SSSR count). The zero-order valence-electron chi connectivity index (χ0n) is 12.6. The highest BCUT2D eigenvalue weighted by atomic mass is 19.1. The molecule has 0 saturated heterocycles. The van der Waals surface area contributed by atoms with Gasteiger partial charge in [0.05, 0.1) is 5.69 Å². The normalized spacial score (nSPS) is 13.0. The molecule has 2 nitrogen and oxygen atoms in total. The lowest BCUT2D eigenvalue weighted by Crippen LogP contribution is -2.28. The van der Waals surface area contributed by atoms with E-state index in [4.69, 9.17) is 0 Å². The summed E-state index contributed by atoms with van der Waals surface area (Å²) in [5, 5.41) is 0. The van der Waals surface area contributed by atoms with E-state index in [2.05, 4.69) is 11.6 Å². The van der Waals surface area contributed by atoms with Gasteiger partial charge in [-0.25, -0.2) is 9.38 Å². The predicted molar refractivity (Wildman–Crippen MR) is 88.5 cm³/mol. The van der Waals surface area contributed by atoms with E-state index in [-0.39, 0.29) is 5.82 Å². The first-order valence-corrected chi connectivity index (χ1v) is 7.06. The molecule has 2 aromatic carbocycles. The molecule has 1 heterocycles. The third-order valence-corrected chi connectivity index (χ3v) is 3.16. The molecule has 3 heteroatoms. The molecule has 108 valence electrons. The molecule has 0 aliphatic carbocycles. The minimum absolute atomic E-state index is 0.275. The molecule has 0 spiro atoms. The number of fused-ring (bicyclic) bond motifs is 1. The number of halogens is 1. The number of benzene rings is 2. The summed E-state index contributed by atoms with van der Waals surface area (Å²) < 4.78 is 13.4. The van der Waals surface area contributed by atoms with Gasteiger partial charge in [-0.1, -0.05) is 38.6 Å². The van der Waals surface area contributed by atoms with Crippen LogP contribution >= 0.6 is 0 Å². The Morgan fingerprint density at radius 1 is 1.05 bits per heavy atom. The largest absolute Gasteiger partial charge is 0.299 e. The van der Waals surface area contributed by atoms with E-state index in [1.807, 2.05) is 56.0 Å². The fourth-order valence-electron chi connectivity index (χ4n) is 2.30. The van der Waals surface area contributed by atoms with Crippen LogP contribution in [-0.4, -0.2) is 5.84 Å². The molecule has 0 saturated carbocycles. The number of hydrogen-bond donors (Lipinski definition) is 0. The molecule has 0 N–H and O–H groups in total. The van der Waals surface area contributed by atoms with Crippen molar-refractivity contribution in [2.24, 2.45) is 4.99 Å². The maximum atomic E-state index is 13.4. The molecule has 0 radical (unpaired) electrons. The monoisotopic (exact) mass is 282 g/mol. The van der Waals surface area contributed by atoms with Crippen molar-refractivity contribution in [2.75, 3.05) is 4.90 Å². The highest BCUT2D eigenvalue weighted by Gasteiger charge is 2.22. The molecule has 0 amide bonds. The zero-order valence-corrected chi connectivity index (χ0v) is 12.6. The highest BCUT2D eigenvalue weighted by Crippen LogP contribution is 2.36. The van der Waals surface area contributed by atoms with E-state index < -0.39 is 0 Å². The van der Waals surface area contributed by atoms with Gasteiger partial charge in [-0.3, -0.25) is 4.90 Å². The second-order valence-corrected chi connectivity index (χ2v) is 4.44. The summed E-state index contributed by atoms with van der Waals surface area (Å²) in [4.78, 5) is 6.44. The van der Waals surface area contributed by atoms with Crippen LogP contribution in [0.4, 0.5) is 15.8 Å². The van der Waals surface area contributed by atoms with Gasteiger partial charge < -0.3 is 0 Å². The molecular formula is C18H19FN2. The number of rotatable bonds is 1. The molecule has 1 aliphatic heterocycles. The second kappa shape index (κ2) is 6.35. The number of nitrogens with zero attached hydrogens (tertiary/aromatic N) is 2. The number of para-hydroxylation sites is 1. The Balaban J connectivity index is 0.000000774. The third-order valence-electron chi connectivity index (χ3n) is 3.16. The van der Waals surface area contributed by atoms with Crippen molar-refractivity contribution < 1.29 is 4.39 Å². The van der Waals surface area contributed by atoms with Gasteiger partial charge in [0.25, 0.3) is 0 Å². The number of hydrogen-bond acceptors (Lipinski definition) is 2. The third kappa shape index (κ3) is 2.87. The van der Waals surface area contributed by atoms with Gasteiger partial charge in [-0.05, 0) is 37.3 Å². The molecule has 0 bridgehead atoms. The highest BCUT2D eigenvalue weighted by molar-refractivity contribution is 6.11. The average molecular weight is 282 g/mol. The van der Waals surface area contributed by atoms with Gasteiger partial charge in [0.1, 0.15) is 11.7 Å². The molecule has 2 aromatic rings. The van der Waals surface area contributed by atoms with Crippen molar-refractivity contribution >= 4 is 22.9 Å². The number of anilines is 1. The summed E-state index contributed by atoms with van der Waals surface area (Å²) >= 11 is 0. The Morgan fingerprint density at radius 3 is 2.38 bits per heavy atom. The van der Waals surface area contributed by atoms with E-state index in [0.717, 1.165) is 28.5 Å². The van der Waals surface area contributed by atoms with Gasteiger partial charge in [-0.2, -0.15) is 0 Å². The predicted octanol–water partition coefficient (Wildman–Crippen LogP) is 5.39. The smallest absolute Gasteiger partial charge is 0.124 e. The van der Waals surface area contributed by atoms with Crippen LogP contribution in [0.15, 0.2) is 60.1 Å². The van der Waals surface area contributed by atoms with Crippen molar-refractivity contribution in [3.8, 4) is 0 Å². The van der Waals surface area contributed by atoms with Crippen LogP contribution in [0, 0.1) is 5.82 Å². The molecule has 0 atom stereocenters. The summed E-state index contributed by atoms with van der Waals surface area (Å²) in [6.45, 7) is 10.0. The maximum absolute atomic E-state index is 13.4. The van der Waals surface area contributed by atoms with E-state index in [1.165, 1.54) is 12.1 Å². The number of amidine groups is 1. The molecule has 0 aromatic heterocycles. The van der Waals surface area contributed by atoms with E-state index in [0.29, 0.717) is 0 Å². The van der Waals surface area contributed by atoms with Crippen molar-refractivity contribution in [3.05, 3.63) is 66.5 Å². The van der Waals surface area contributed by atoms with Crippen LogP contribution in [0.25, 0.3) is 5.70 Å². The lowest BCUT2D eigenvalue weighted by Gasteiger charge is -2.30. The molecule has 21 heavy (non-hydrogen) atoms. The van der Waals surface area contributed by atoms with Crippen molar-refractivity contribution in [2.45, 2.75) is 20.8 Å². The fourth-order valence-corrected chi connectivity index (χ4v) is 2.30. The Bertz CT molecular complexity index is 675. The second-order valence-electron chi connectivity index (χ2n) is 4.44. The summed E-state index contributed by atoms with van der Waals surface area (Å²) in [5.74, 6) is 0.554. The maximum Gasteiger partial charge on any atom is 0.124 e. The lowest BCUT2D eigenvalue weighted by molar-refractivity contribution is 0.627. The summed E-state index contributed by atoms with van der Waals surface area (Å²) in [7, 11) is 0. The van der Waals surface area contributed by atoms with E-state index in [1.54, 1.807) is 6.07 Å². The first-order valence-electron chi connectivity index (χ1n) is 7.06. The Morgan fingerprint density at radius 2 is 1.71 bits per heavy atom. The van der Waals surface area contributed by atoms with Crippen molar-refractivity contribution in [3.63, 3.8) is 0 Å². The van der Waals surface area contributed by atoms with E-state index in [9.17, 15) is 4.39 Å². The zero-order chi connectivity index (χ0) is 15.4. The molecule has 1 aliphatic rings. The van der Waals surface area contributed by atoms with Crippen LogP contribution in [0.3, 0.4) is 0 Å². The summed E-state index contributed by atoms with van der Waals surface area (Å²) in [6, 6.07) is 14.4. The Kier molecular flexibility index (Phi) is 4.53. The van der Waals surface area contributed by atoms with Crippen LogP contribution in [0.5, 0.6) is 0 Å². The van der Waals surface area contributed by atoms with Crippen molar-refractivity contribution in [1.82, 2.24) is 0 Å². The van der Waals surface area contributed by atoms with Gasteiger partial charge in [0, 0.05) is 16.9 Å². The standard InChI is InChI=1S/C16H13FN2.C2H6/c1-11-15-10-13(17)8-9-16(15)18-12(2)19(11)14-6-4-3-5-7-14;1-2/h3-10H,1H2,2H3;1-2H3. The van der Waals surface area contributed by atoms with Crippen LogP contribution in [-0.2, 0) is 0 Å². The summed E-state index contributed by atoms with van der Waals surface area (Å²) in [5.41, 5.74) is 3.21. The molecule has 0 unspecified atom stereocenters. The Labute approximate surface area is 125 Å². The fraction of sp³-hybridized carbons (Fsp3) is 0.167. The van der Waals surface area contributed by atoms with Gasteiger partial charge >= 0.3 is 0 Å². The van der Waals surface area contributed by atoms with Gasteiger partial charge in [0.2, 0.25) is 0 Å².